The highest BCUT2D eigenvalue weighted by atomic mass is 16.5. The number of rotatable bonds is 8. The minimum absolute atomic E-state index is 0.737. The van der Waals surface area contributed by atoms with Crippen LogP contribution in [0.25, 0.3) is 0 Å². The minimum atomic E-state index is 0.737. The Bertz CT molecular complexity index is 578. The fraction of sp³-hybridized carbons (Fsp3) is 0.368. The number of ether oxygens (including phenoxy) is 2. The third kappa shape index (κ3) is 4.99. The zero-order chi connectivity index (χ0) is 15.8. The molecule has 0 aliphatic heterocycles. The third-order valence-corrected chi connectivity index (χ3v) is 3.63. The van der Waals surface area contributed by atoms with E-state index in [4.69, 9.17) is 9.47 Å². The van der Waals surface area contributed by atoms with Gasteiger partial charge < -0.3 is 14.8 Å². The van der Waals surface area contributed by atoms with Crippen molar-refractivity contribution < 1.29 is 9.47 Å². The van der Waals surface area contributed by atoms with E-state index in [2.05, 4.69) is 29.6 Å². The van der Waals surface area contributed by atoms with Crippen LogP contribution in [0.1, 0.15) is 24.0 Å². The zero-order valence-corrected chi connectivity index (χ0v) is 13.7. The molecule has 22 heavy (non-hydrogen) atoms. The van der Waals surface area contributed by atoms with Gasteiger partial charge in [0, 0.05) is 18.8 Å². The van der Waals surface area contributed by atoms with Gasteiger partial charge in [0.25, 0.3) is 0 Å². The number of unbranched alkanes of at least 4 members (excludes halogenated alkanes) is 1. The van der Waals surface area contributed by atoms with E-state index in [-0.39, 0.29) is 0 Å². The molecule has 2 aromatic rings. The Balaban J connectivity index is 1.71. The monoisotopic (exact) mass is 299 g/mol. The molecule has 0 aliphatic carbocycles. The maximum atomic E-state index is 5.81. The van der Waals surface area contributed by atoms with Crippen molar-refractivity contribution in [2.24, 2.45) is 0 Å². The Morgan fingerprint density at radius 3 is 2.36 bits per heavy atom. The number of anilines is 1. The first kappa shape index (κ1) is 16.2. The molecule has 0 heterocycles. The third-order valence-electron chi connectivity index (χ3n) is 3.63. The lowest BCUT2D eigenvalue weighted by Crippen LogP contribution is -1.99. The van der Waals surface area contributed by atoms with E-state index in [0.29, 0.717) is 0 Å². The Kier molecular flexibility index (Phi) is 6.13. The minimum Gasteiger partial charge on any atom is -0.497 e. The fourth-order valence-corrected chi connectivity index (χ4v) is 2.37. The predicted octanol–water partition coefficient (Wildman–Crippen LogP) is 4.45. The summed E-state index contributed by atoms with van der Waals surface area (Å²) in [7, 11) is 3.62. The van der Waals surface area contributed by atoms with Gasteiger partial charge in [-0.1, -0.05) is 12.1 Å². The quantitative estimate of drug-likeness (QED) is 0.731. The number of hydrogen-bond acceptors (Lipinski definition) is 3. The fourth-order valence-electron chi connectivity index (χ4n) is 2.37. The zero-order valence-electron chi connectivity index (χ0n) is 13.7. The highest BCUT2D eigenvalue weighted by Gasteiger charge is 2.00. The van der Waals surface area contributed by atoms with E-state index in [0.717, 1.165) is 48.6 Å². The lowest BCUT2D eigenvalue weighted by atomic mass is 10.1. The van der Waals surface area contributed by atoms with Gasteiger partial charge in [-0.3, -0.25) is 0 Å². The van der Waals surface area contributed by atoms with Gasteiger partial charge in [0.2, 0.25) is 0 Å². The van der Waals surface area contributed by atoms with Crippen molar-refractivity contribution in [2.45, 2.75) is 26.2 Å². The molecule has 118 valence electrons. The standard InChI is InChI=1S/C19H25NO2/c1-15-12-18(21-3)14-19(13-15)22-11-5-4-6-16-7-9-17(20-2)10-8-16/h7-10,12-14,20H,4-6,11H2,1-3H3. The maximum absolute atomic E-state index is 5.81. The van der Waals surface area contributed by atoms with Gasteiger partial charge >= 0.3 is 0 Å². The van der Waals surface area contributed by atoms with Crippen LogP contribution in [0.2, 0.25) is 0 Å². The topological polar surface area (TPSA) is 30.5 Å². The Hall–Kier alpha value is -2.16. The van der Waals surface area contributed by atoms with Crippen LogP contribution in [0.3, 0.4) is 0 Å². The number of nitrogens with one attached hydrogen (secondary N) is 1. The second-order valence-electron chi connectivity index (χ2n) is 5.44. The van der Waals surface area contributed by atoms with Gasteiger partial charge in [-0.2, -0.15) is 0 Å². The first-order chi connectivity index (χ1) is 10.7. The molecule has 0 unspecified atom stereocenters. The highest BCUT2D eigenvalue weighted by Crippen LogP contribution is 2.22. The highest BCUT2D eigenvalue weighted by molar-refractivity contribution is 5.43. The molecule has 2 aromatic carbocycles. The molecular formula is C19H25NO2. The van der Waals surface area contributed by atoms with Gasteiger partial charge in [0.15, 0.2) is 0 Å². The molecule has 0 fully saturated rings. The molecule has 0 bridgehead atoms. The SMILES string of the molecule is CNc1ccc(CCCCOc2cc(C)cc(OC)c2)cc1. The molecule has 0 saturated carbocycles. The first-order valence-electron chi connectivity index (χ1n) is 7.76. The molecule has 2 rings (SSSR count). The molecule has 0 radical (unpaired) electrons. The molecule has 3 heteroatoms. The molecule has 0 spiro atoms. The van der Waals surface area contributed by atoms with E-state index in [1.807, 2.05) is 32.2 Å². The Labute approximate surface area is 133 Å². The lowest BCUT2D eigenvalue weighted by molar-refractivity contribution is 0.304. The van der Waals surface area contributed by atoms with Crippen LogP contribution in [0.5, 0.6) is 11.5 Å². The molecular weight excluding hydrogens is 274 g/mol. The van der Waals surface area contributed by atoms with Crippen LogP contribution < -0.4 is 14.8 Å². The Morgan fingerprint density at radius 2 is 1.68 bits per heavy atom. The Morgan fingerprint density at radius 1 is 0.955 bits per heavy atom. The second-order valence-corrected chi connectivity index (χ2v) is 5.44. The van der Waals surface area contributed by atoms with Crippen LogP contribution in [-0.2, 0) is 6.42 Å². The summed E-state index contributed by atoms with van der Waals surface area (Å²) in [6.07, 6.45) is 3.26. The van der Waals surface area contributed by atoms with Crippen LogP contribution in [0, 0.1) is 6.92 Å². The molecule has 0 saturated heterocycles. The van der Waals surface area contributed by atoms with Crippen LogP contribution in [0.15, 0.2) is 42.5 Å². The van der Waals surface area contributed by atoms with Crippen molar-refractivity contribution >= 4 is 5.69 Å². The summed E-state index contributed by atoms with van der Waals surface area (Å²) in [5.41, 5.74) is 3.68. The van der Waals surface area contributed by atoms with Gasteiger partial charge in [-0.05, 0) is 61.6 Å². The van der Waals surface area contributed by atoms with Gasteiger partial charge in [-0.15, -0.1) is 0 Å². The largest absolute Gasteiger partial charge is 0.497 e. The molecule has 0 aromatic heterocycles. The lowest BCUT2D eigenvalue weighted by Gasteiger charge is -2.09. The molecule has 1 N–H and O–H groups in total. The van der Waals surface area contributed by atoms with E-state index in [9.17, 15) is 0 Å². The van der Waals surface area contributed by atoms with Gasteiger partial charge in [-0.25, -0.2) is 0 Å². The summed E-state index contributed by atoms with van der Waals surface area (Å²) >= 11 is 0. The van der Waals surface area contributed by atoms with E-state index in [1.54, 1.807) is 7.11 Å². The van der Waals surface area contributed by atoms with Crippen molar-refractivity contribution in [3.8, 4) is 11.5 Å². The van der Waals surface area contributed by atoms with Crippen LogP contribution >= 0.6 is 0 Å². The van der Waals surface area contributed by atoms with Gasteiger partial charge in [0.1, 0.15) is 11.5 Å². The van der Waals surface area contributed by atoms with Crippen molar-refractivity contribution in [1.29, 1.82) is 0 Å². The average Bonchev–Trinajstić information content (AvgIpc) is 2.54. The number of methoxy groups -OCH3 is 1. The van der Waals surface area contributed by atoms with Crippen molar-refractivity contribution in [3.63, 3.8) is 0 Å². The summed E-state index contributed by atoms with van der Waals surface area (Å²) in [6, 6.07) is 14.6. The smallest absolute Gasteiger partial charge is 0.123 e. The van der Waals surface area contributed by atoms with E-state index >= 15 is 0 Å². The molecule has 0 aliphatic rings. The van der Waals surface area contributed by atoms with Crippen molar-refractivity contribution in [2.75, 3.05) is 26.1 Å². The van der Waals surface area contributed by atoms with E-state index < -0.39 is 0 Å². The summed E-state index contributed by atoms with van der Waals surface area (Å²) in [4.78, 5) is 0. The number of aryl methyl sites for hydroxylation is 2. The number of hydrogen-bond donors (Lipinski definition) is 1. The predicted molar refractivity (Wildman–Crippen MR) is 92.2 cm³/mol. The average molecular weight is 299 g/mol. The van der Waals surface area contributed by atoms with Crippen molar-refractivity contribution in [3.05, 3.63) is 53.6 Å². The van der Waals surface area contributed by atoms with E-state index in [1.165, 1.54) is 5.56 Å². The summed E-state index contributed by atoms with van der Waals surface area (Å²) in [6.45, 7) is 2.78. The van der Waals surface area contributed by atoms with Crippen LogP contribution in [0.4, 0.5) is 5.69 Å². The summed E-state index contributed by atoms with van der Waals surface area (Å²) in [5.74, 6) is 1.73. The van der Waals surface area contributed by atoms with Crippen molar-refractivity contribution in [1.82, 2.24) is 0 Å². The van der Waals surface area contributed by atoms with Gasteiger partial charge in [0.05, 0.1) is 13.7 Å². The van der Waals surface area contributed by atoms with Crippen LogP contribution in [-0.4, -0.2) is 20.8 Å². The normalized spacial score (nSPS) is 10.3. The second kappa shape index (κ2) is 8.32. The molecule has 0 amide bonds. The maximum Gasteiger partial charge on any atom is 0.123 e. The summed E-state index contributed by atoms with van der Waals surface area (Å²) in [5, 5.41) is 3.13. The molecule has 3 nitrogen and oxygen atoms in total. The number of benzene rings is 2. The molecule has 0 atom stereocenters. The first-order valence-corrected chi connectivity index (χ1v) is 7.76. The summed E-state index contributed by atoms with van der Waals surface area (Å²) < 4.78 is 11.1.